The molecule has 0 aliphatic heterocycles. The van der Waals surface area contributed by atoms with E-state index in [1.807, 2.05) is 0 Å². The summed E-state index contributed by atoms with van der Waals surface area (Å²) < 4.78 is 18.0. The van der Waals surface area contributed by atoms with E-state index >= 15 is 0 Å². The standard InChI is InChI=1S/C13H13FN2O2/c1-8-5-9(14)3-4-10(8)13(17)11-6-12(18-2)16-7-15-11/h3-7,13,17H,1-2H3. The zero-order valence-corrected chi connectivity index (χ0v) is 10.1. The number of hydrogen-bond donors (Lipinski definition) is 1. The maximum atomic E-state index is 13.0. The van der Waals surface area contributed by atoms with Gasteiger partial charge >= 0.3 is 0 Å². The van der Waals surface area contributed by atoms with Crippen LogP contribution in [0.3, 0.4) is 0 Å². The molecule has 0 fully saturated rings. The van der Waals surface area contributed by atoms with E-state index in [1.54, 1.807) is 19.1 Å². The summed E-state index contributed by atoms with van der Waals surface area (Å²) in [4.78, 5) is 7.86. The van der Waals surface area contributed by atoms with Crippen LogP contribution in [0, 0.1) is 12.7 Å². The summed E-state index contributed by atoms with van der Waals surface area (Å²) in [5.74, 6) is 0.0440. The van der Waals surface area contributed by atoms with Crippen molar-refractivity contribution in [3.8, 4) is 5.88 Å². The Hall–Kier alpha value is -2.01. The van der Waals surface area contributed by atoms with Gasteiger partial charge in [-0.3, -0.25) is 0 Å². The van der Waals surface area contributed by atoms with Crippen molar-refractivity contribution in [1.29, 1.82) is 0 Å². The molecule has 94 valence electrons. The Kier molecular flexibility index (Phi) is 3.53. The highest BCUT2D eigenvalue weighted by atomic mass is 19.1. The third-order valence-corrected chi connectivity index (χ3v) is 2.68. The van der Waals surface area contributed by atoms with Gasteiger partial charge < -0.3 is 9.84 Å². The molecule has 0 saturated carbocycles. The third kappa shape index (κ3) is 2.46. The Morgan fingerprint density at radius 2 is 2.06 bits per heavy atom. The van der Waals surface area contributed by atoms with Crippen molar-refractivity contribution in [2.75, 3.05) is 7.11 Å². The van der Waals surface area contributed by atoms with E-state index in [4.69, 9.17) is 4.74 Å². The van der Waals surface area contributed by atoms with Crippen LogP contribution in [0.25, 0.3) is 0 Å². The first kappa shape index (κ1) is 12.4. The number of aliphatic hydroxyl groups excluding tert-OH is 1. The molecule has 1 aromatic carbocycles. The molecule has 1 heterocycles. The van der Waals surface area contributed by atoms with Gasteiger partial charge in [-0.25, -0.2) is 14.4 Å². The first-order chi connectivity index (χ1) is 8.61. The molecule has 1 unspecified atom stereocenters. The van der Waals surface area contributed by atoms with Gasteiger partial charge in [0.1, 0.15) is 18.2 Å². The molecular formula is C13H13FN2O2. The molecule has 4 nitrogen and oxygen atoms in total. The van der Waals surface area contributed by atoms with Gasteiger partial charge in [0.05, 0.1) is 12.8 Å². The molecule has 0 amide bonds. The quantitative estimate of drug-likeness (QED) is 0.902. The maximum Gasteiger partial charge on any atom is 0.216 e. The van der Waals surface area contributed by atoms with E-state index in [9.17, 15) is 9.50 Å². The van der Waals surface area contributed by atoms with Gasteiger partial charge in [-0.1, -0.05) is 6.07 Å². The number of ether oxygens (including phenoxy) is 1. The number of benzene rings is 1. The number of hydrogen-bond acceptors (Lipinski definition) is 4. The Balaban J connectivity index is 2.37. The molecule has 2 rings (SSSR count). The van der Waals surface area contributed by atoms with Crippen LogP contribution in [0.2, 0.25) is 0 Å². The van der Waals surface area contributed by atoms with Crippen molar-refractivity contribution in [2.45, 2.75) is 13.0 Å². The Morgan fingerprint density at radius 1 is 1.28 bits per heavy atom. The number of aromatic nitrogens is 2. The fourth-order valence-corrected chi connectivity index (χ4v) is 1.72. The van der Waals surface area contributed by atoms with Crippen LogP contribution in [0.1, 0.15) is 22.9 Å². The van der Waals surface area contributed by atoms with E-state index in [0.717, 1.165) is 0 Å². The van der Waals surface area contributed by atoms with Gasteiger partial charge in [0.2, 0.25) is 5.88 Å². The molecule has 0 bridgehead atoms. The van der Waals surface area contributed by atoms with E-state index in [1.165, 1.54) is 25.6 Å². The number of nitrogens with zero attached hydrogens (tertiary/aromatic N) is 2. The summed E-state index contributed by atoms with van der Waals surface area (Å²) in [6.45, 7) is 1.74. The minimum absolute atomic E-state index is 0.330. The fourth-order valence-electron chi connectivity index (χ4n) is 1.72. The number of rotatable bonds is 3. The summed E-state index contributed by atoms with van der Waals surface area (Å²) in [5, 5.41) is 10.2. The molecule has 0 saturated heterocycles. The summed E-state index contributed by atoms with van der Waals surface area (Å²) in [6, 6.07) is 5.78. The minimum atomic E-state index is -0.928. The van der Waals surface area contributed by atoms with Crippen molar-refractivity contribution >= 4 is 0 Å². The van der Waals surface area contributed by atoms with Gasteiger partial charge in [0.25, 0.3) is 0 Å². The molecule has 1 N–H and O–H groups in total. The second kappa shape index (κ2) is 5.10. The van der Waals surface area contributed by atoms with Crippen LogP contribution < -0.4 is 4.74 Å². The Bertz CT molecular complexity index is 560. The predicted octanol–water partition coefficient (Wildman–Crippen LogP) is 2.01. The zero-order chi connectivity index (χ0) is 13.1. The van der Waals surface area contributed by atoms with Crippen molar-refractivity contribution in [2.24, 2.45) is 0 Å². The molecule has 1 aromatic heterocycles. The third-order valence-electron chi connectivity index (χ3n) is 2.68. The summed E-state index contributed by atoms with van der Waals surface area (Å²) in [5.41, 5.74) is 1.69. The van der Waals surface area contributed by atoms with Crippen molar-refractivity contribution in [1.82, 2.24) is 9.97 Å². The van der Waals surface area contributed by atoms with Gasteiger partial charge in [0, 0.05) is 6.07 Å². The van der Waals surface area contributed by atoms with Crippen LogP contribution >= 0.6 is 0 Å². The summed E-state index contributed by atoms with van der Waals surface area (Å²) in [7, 11) is 1.49. The monoisotopic (exact) mass is 248 g/mol. The number of aliphatic hydroxyl groups is 1. The predicted molar refractivity (Wildman–Crippen MR) is 63.8 cm³/mol. The maximum absolute atomic E-state index is 13.0. The molecule has 0 aliphatic rings. The Morgan fingerprint density at radius 3 is 2.72 bits per heavy atom. The van der Waals surface area contributed by atoms with E-state index in [-0.39, 0.29) is 5.82 Å². The first-order valence-electron chi connectivity index (χ1n) is 5.42. The average Bonchev–Trinajstić information content (AvgIpc) is 2.38. The van der Waals surface area contributed by atoms with Crippen molar-refractivity contribution in [3.63, 3.8) is 0 Å². The molecule has 5 heteroatoms. The fraction of sp³-hybridized carbons (Fsp3) is 0.231. The second-order valence-corrected chi connectivity index (χ2v) is 3.89. The highest BCUT2D eigenvalue weighted by molar-refractivity contribution is 5.33. The topological polar surface area (TPSA) is 55.2 Å². The highest BCUT2D eigenvalue weighted by Crippen LogP contribution is 2.25. The largest absolute Gasteiger partial charge is 0.481 e. The summed E-state index contributed by atoms with van der Waals surface area (Å²) in [6.07, 6.45) is 0.387. The summed E-state index contributed by atoms with van der Waals surface area (Å²) >= 11 is 0. The van der Waals surface area contributed by atoms with Gasteiger partial charge in [-0.05, 0) is 30.2 Å². The lowest BCUT2D eigenvalue weighted by Gasteiger charge is -2.13. The molecule has 0 aliphatic carbocycles. The lowest BCUT2D eigenvalue weighted by Crippen LogP contribution is -2.05. The molecule has 0 spiro atoms. The van der Waals surface area contributed by atoms with E-state index in [2.05, 4.69) is 9.97 Å². The normalized spacial score (nSPS) is 12.2. The van der Waals surface area contributed by atoms with Gasteiger partial charge in [-0.2, -0.15) is 0 Å². The highest BCUT2D eigenvalue weighted by Gasteiger charge is 2.15. The number of methoxy groups -OCH3 is 1. The molecule has 2 aromatic rings. The van der Waals surface area contributed by atoms with Crippen LogP contribution in [0.4, 0.5) is 4.39 Å². The van der Waals surface area contributed by atoms with Crippen molar-refractivity contribution < 1.29 is 14.2 Å². The lowest BCUT2D eigenvalue weighted by molar-refractivity contribution is 0.213. The van der Waals surface area contributed by atoms with E-state index < -0.39 is 6.10 Å². The zero-order valence-electron chi connectivity index (χ0n) is 10.1. The molecule has 18 heavy (non-hydrogen) atoms. The Labute approximate surface area is 104 Å². The SMILES string of the molecule is COc1cc(C(O)c2ccc(F)cc2C)ncn1. The molecule has 0 radical (unpaired) electrons. The van der Waals surface area contributed by atoms with Gasteiger partial charge in [-0.15, -0.1) is 0 Å². The number of aryl methyl sites for hydroxylation is 1. The second-order valence-electron chi connectivity index (χ2n) is 3.89. The van der Waals surface area contributed by atoms with Crippen LogP contribution in [-0.2, 0) is 0 Å². The molecule has 1 atom stereocenters. The van der Waals surface area contributed by atoms with Crippen LogP contribution in [0.5, 0.6) is 5.88 Å². The van der Waals surface area contributed by atoms with E-state index in [0.29, 0.717) is 22.7 Å². The van der Waals surface area contributed by atoms with Crippen LogP contribution in [0.15, 0.2) is 30.6 Å². The minimum Gasteiger partial charge on any atom is -0.481 e. The van der Waals surface area contributed by atoms with Crippen molar-refractivity contribution in [3.05, 3.63) is 53.2 Å². The average molecular weight is 248 g/mol. The first-order valence-corrected chi connectivity index (χ1v) is 5.42. The smallest absolute Gasteiger partial charge is 0.216 e. The van der Waals surface area contributed by atoms with Gasteiger partial charge in [0.15, 0.2) is 0 Å². The van der Waals surface area contributed by atoms with Crippen LogP contribution in [-0.4, -0.2) is 22.2 Å². The molecular weight excluding hydrogens is 235 g/mol. The lowest BCUT2D eigenvalue weighted by atomic mass is 10.0. The number of halogens is 1.